The predicted octanol–water partition coefficient (Wildman–Crippen LogP) is 4.28. The summed E-state index contributed by atoms with van der Waals surface area (Å²) < 4.78 is 27.1. The predicted molar refractivity (Wildman–Crippen MR) is 109 cm³/mol. The fourth-order valence-corrected chi connectivity index (χ4v) is 4.20. The molecule has 2 atom stereocenters. The maximum absolute atomic E-state index is 13.7. The number of likely N-dealkylation sites (tertiary alicyclic amines) is 1. The summed E-state index contributed by atoms with van der Waals surface area (Å²) in [5, 5.41) is 2.88. The number of nitrogens with zero attached hydrogens (tertiary/aromatic N) is 1. The fraction of sp³-hybridized carbons (Fsp3) is 0.417. The van der Waals surface area contributed by atoms with Gasteiger partial charge in [-0.05, 0) is 67.5 Å². The third kappa shape index (κ3) is 4.53. The van der Waals surface area contributed by atoms with Gasteiger partial charge in [0.05, 0.1) is 12.0 Å². The third-order valence-corrected chi connectivity index (χ3v) is 6.08. The monoisotopic (exact) mass is 412 g/mol. The molecule has 2 amide bonds. The van der Waals surface area contributed by atoms with Crippen LogP contribution in [0.3, 0.4) is 0 Å². The van der Waals surface area contributed by atoms with Crippen LogP contribution >= 0.6 is 0 Å². The first-order valence-electron chi connectivity index (χ1n) is 10.5. The molecule has 2 aliphatic rings. The van der Waals surface area contributed by atoms with Crippen molar-refractivity contribution in [2.75, 3.05) is 6.54 Å². The standard InChI is InChI=1S/C24H26F2N2O2/c1-15-11-18(7-9-21(15)26)22-10-8-19(14-28(22)24(30)17-5-6-17)23(29)27-13-16-3-2-4-20(25)12-16/h2-4,7,9,11-12,17,19,22H,5-6,8,10,13-14H2,1H3,(H,27,29)/t19-,22+/m0/s1. The van der Waals surface area contributed by atoms with Gasteiger partial charge < -0.3 is 10.2 Å². The molecule has 4 nitrogen and oxygen atoms in total. The second kappa shape index (κ2) is 8.54. The van der Waals surface area contributed by atoms with Crippen LogP contribution in [0.4, 0.5) is 8.78 Å². The second-order valence-corrected chi connectivity index (χ2v) is 8.41. The van der Waals surface area contributed by atoms with Crippen molar-refractivity contribution >= 4 is 11.8 Å². The maximum atomic E-state index is 13.7. The van der Waals surface area contributed by atoms with Crippen molar-refractivity contribution in [2.45, 2.75) is 45.2 Å². The molecule has 0 spiro atoms. The first-order valence-corrected chi connectivity index (χ1v) is 10.5. The van der Waals surface area contributed by atoms with E-state index in [4.69, 9.17) is 0 Å². The quantitative estimate of drug-likeness (QED) is 0.797. The van der Waals surface area contributed by atoms with Gasteiger partial charge in [-0.3, -0.25) is 9.59 Å². The zero-order valence-electron chi connectivity index (χ0n) is 17.0. The van der Waals surface area contributed by atoms with Gasteiger partial charge in [0.25, 0.3) is 0 Å². The topological polar surface area (TPSA) is 49.4 Å². The highest BCUT2D eigenvalue weighted by Gasteiger charge is 2.41. The summed E-state index contributed by atoms with van der Waals surface area (Å²) in [7, 11) is 0. The SMILES string of the molecule is Cc1cc([C@H]2CC[C@H](C(=O)NCc3cccc(F)c3)CN2C(=O)C2CC2)ccc1F. The fourth-order valence-electron chi connectivity index (χ4n) is 4.20. The smallest absolute Gasteiger partial charge is 0.226 e. The van der Waals surface area contributed by atoms with Crippen LogP contribution in [0.2, 0.25) is 0 Å². The molecule has 158 valence electrons. The van der Waals surface area contributed by atoms with Gasteiger partial charge in [0, 0.05) is 19.0 Å². The van der Waals surface area contributed by atoms with Crippen LogP contribution in [0.5, 0.6) is 0 Å². The molecule has 2 aromatic rings. The van der Waals surface area contributed by atoms with E-state index in [1.54, 1.807) is 31.2 Å². The lowest BCUT2D eigenvalue weighted by molar-refractivity contribution is -0.140. The zero-order chi connectivity index (χ0) is 21.3. The minimum absolute atomic E-state index is 0.0446. The summed E-state index contributed by atoms with van der Waals surface area (Å²) in [6.07, 6.45) is 3.08. The van der Waals surface area contributed by atoms with Crippen molar-refractivity contribution in [3.8, 4) is 0 Å². The first-order chi connectivity index (χ1) is 14.4. The van der Waals surface area contributed by atoms with E-state index in [0.717, 1.165) is 18.4 Å². The van der Waals surface area contributed by atoms with Crippen LogP contribution in [-0.2, 0) is 16.1 Å². The minimum atomic E-state index is -0.335. The number of carbonyl (C=O) groups excluding carboxylic acids is 2. The molecule has 0 bridgehead atoms. The minimum Gasteiger partial charge on any atom is -0.352 e. The Morgan fingerprint density at radius 1 is 1.03 bits per heavy atom. The lowest BCUT2D eigenvalue weighted by atomic mass is 9.87. The van der Waals surface area contributed by atoms with Crippen LogP contribution in [0.1, 0.15) is 48.4 Å². The van der Waals surface area contributed by atoms with Gasteiger partial charge >= 0.3 is 0 Å². The van der Waals surface area contributed by atoms with Crippen LogP contribution in [-0.4, -0.2) is 23.3 Å². The van der Waals surface area contributed by atoms with Gasteiger partial charge in [-0.25, -0.2) is 8.78 Å². The van der Waals surface area contributed by atoms with Crippen LogP contribution < -0.4 is 5.32 Å². The third-order valence-electron chi connectivity index (χ3n) is 6.08. The summed E-state index contributed by atoms with van der Waals surface area (Å²) in [6, 6.07) is 11.0. The lowest BCUT2D eigenvalue weighted by Crippen LogP contribution is -2.47. The molecule has 2 fully saturated rings. The average Bonchev–Trinajstić information content (AvgIpc) is 3.58. The molecule has 1 saturated heterocycles. The summed E-state index contributed by atoms with van der Waals surface area (Å²) >= 11 is 0. The van der Waals surface area contributed by atoms with E-state index in [-0.39, 0.29) is 47.9 Å². The van der Waals surface area contributed by atoms with Gasteiger partial charge in [-0.2, -0.15) is 0 Å². The van der Waals surface area contributed by atoms with E-state index >= 15 is 0 Å². The largest absolute Gasteiger partial charge is 0.352 e. The average molecular weight is 412 g/mol. The lowest BCUT2D eigenvalue weighted by Gasteiger charge is -2.40. The molecule has 0 unspecified atom stereocenters. The number of piperidine rings is 1. The first kappa shape index (κ1) is 20.5. The second-order valence-electron chi connectivity index (χ2n) is 8.41. The van der Waals surface area contributed by atoms with Crippen molar-refractivity contribution < 1.29 is 18.4 Å². The summed E-state index contributed by atoms with van der Waals surface area (Å²) in [6.45, 7) is 2.33. The van der Waals surface area contributed by atoms with Gasteiger partial charge in [-0.1, -0.05) is 24.3 Å². The molecule has 1 N–H and O–H groups in total. The Balaban J connectivity index is 1.46. The molecular weight excluding hydrogens is 386 g/mol. The Kier molecular flexibility index (Phi) is 5.84. The van der Waals surface area contributed by atoms with Crippen LogP contribution in [0, 0.1) is 30.4 Å². The molecular formula is C24H26F2N2O2. The number of hydrogen-bond acceptors (Lipinski definition) is 2. The summed E-state index contributed by atoms with van der Waals surface area (Å²) in [5.41, 5.74) is 2.17. The molecule has 1 saturated carbocycles. The van der Waals surface area contributed by atoms with E-state index in [2.05, 4.69) is 5.32 Å². The molecule has 1 aliphatic heterocycles. The number of amides is 2. The van der Waals surface area contributed by atoms with Crippen molar-refractivity contribution in [1.82, 2.24) is 10.2 Å². The Morgan fingerprint density at radius 2 is 1.80 bits per heavy atom. The number of carbonyl (C=O) groups is 2. The molecule has 6 heteroatoms. The summed E-state index contributed by atoms with van der Waals surface area (Å²) in [5.74, 6) is -0.893. The maximum Gasteiger partial charge on any atom is 0.226 e. The van der Waals surface area contributed by atoms with E-state index in [0.29, 0.717) is 30.5 Å². The molecule has 2 aromatic carbocycles. The molecule has 0 aromatic heterocycles. The van der Waals surface area contributed by atoms with Crippen LogP contribution in [0.15, 0.2) is 42.5 Å². The van der Waals surface area contributed by atoms with Gasteiger partial charge in [0.15, 0.2) is 0 Å². The number of benzene rings is 2. The Morgan fingerprint density at radius 3 is 2.50 bits per heavy atom. The number of halogens is 2. The Bertz CT molecular complexity index is 958. The normalized spacial score (nSPS) is 21.4. The number of nitrogens with one attached hydrogen (secondary N) is 1. The number of rotatable bonds is 5. The van der Waals surface area contributed by atoms with Crippen molar-refractivity contribution in [3.05, 3.63) is 70.8 Å². The Labute approximate surface area is 175 Å². The van der Waals surface area contributed by atoms with E-state index in [1.165, 1.54) is 18.2 Å². The molecule has 4 rings (SSSR count). The van der Waals surface area contributed by atoms with Gasteiger partial charge in [0.2, 0.25) is 11.8 Å². The molecule has 30 heavy (non-hydrogen) atoms. The number of hydrogen-bond donors (Lipinski definition) is 1. The van der Waals surface area contributed by atoms with Gasteiger partial charge in [0.1, 0.15) is 11.6 Å². The van der Waals surface area contributed by atoms with Crippen molar-refractivity contribution in [1.29, 1.82) is 0 Å². The highest BCUT2D eigenvalue weighted by atomic mass is 19.1. The molecule has 1 heterocycles. The zero-order valence-corrected chi connectivity index (χ0v) is 17.0. The van der Waals surface area contributed by atoms with Crippen molar-refractivity contribution in [3.63, 3.8) is 0 Å². The molecule has 1 aliphatic carbocycles. The number of aryl methyl sites for hydroxylation is 1. The van der Waals surface area contributed by atoms with E-state index in [9.17, 15) is 18.4 Å². The highest BCUT2D eigenvalue weighted by molar-refractivity contribution is 5.84. The highest BCUT2D eigenvalue weighted by Crippen LogP contribution is 2.39. The van der Waals surface area contributed by atoms with Gasteiger partial charge in [-0.15, -0.1) is 0 Å². The van der Waals surface area contributed by atoms with Crippen LogP contribution in [0.25, 0.3) is 0 Å². The molecule has 0 radical (unpaired) electrons. The van der Waals surface area contributed by atoms with E-state index in [1.807, 2.05) is 4.90 Å². The summed E-state index contributed by atoms with van der Waals surface area (Å²) in [4.78, 5) is 27.5. The van der Waals surface area contributed by atoms with E-state index < -0.39 is 0 Å². The Hall–Kier alpha value is -2.76. The van der Waals surface area contributed by atoms with Crippen molar-refractivity contribution in [2.24, 2.45) is 11.8 Å².